The summed E-state index contributed by atoms with van der Waals surface area (Å²) < 4.78 is 17.2. The molecule has 2 atom stereocenters. The van der Waals surface area contributed by atoms with Crippen LogP contribution in [0.25, 0.3) is 0 Å². The van der Waals surface area contributed by atoms with Gasteiger partial charge in [0.05, 0.1) is 40.3 Å². The molecule has 8 nitrogen and oxygen atoms in total. The van der Waals surface area contributed by atoms with E-state index in [1.54, 1.807) is 21.1 Å². The Kier molecular flexibility index (Phi) is 44.5. The Morgan fingerprint density at radius 1 is 0.477 bits per heavy atom. The molecule has 0 aliphatic heterocycles. The van der Waals surface area contributed by atoms with Crippen LogP contribution >= 0.6 is 0 Å². The molecule has 0 N–H and O–H groups in total. The van der Waals surface area contributed by atoms with Gasteiger partial charge in [-0.05, 0) is 89.9 Å². The van der Waals surface area contributed by atoms with Gasteiger partial charge < -0.3 is 28.6 Å². The second-order valence-corrected chi connectivity index (χ2v) is 18.4. The monoisotopic (exact) mass is 908 g/mol. The number of unbranched alkanes of at least 4 members (excludes halogenated alkanes) is 18. The van der Waals surface area contributed by atoms with E-state index in [2.05, 4.69) is 98.9 Å². The molecular weight excluding hydrogens is 811 g/mol. The first-order chi connectivity index (χ1) is 31.6. The molecule has 0 rings (SSSR count). The van der Waals surface area contributed by atoms with E-state index in [1.165, 1.54) is 77.0 Å². The van der Waals surface area contributed by atoms with Gasteiger partial charge in [-0.2, -0.15) is 0 Å². The predicted molar refractivity (Wildman–Crippen MR) is 272 cm³/mol. The number of carbonyl (C=O) groups is 3. The fourth-order valence-electron chi connectivity index (χ4n) is 7.25. The zero-order chi connectivity index (χ0) is 47.7. The van der Waals surface area contributed by atoms with E-state index in [1.807, 2.05) is 0 Å². The Labute approximate surface area is 399 Å². The maximum absolute atomic E-state index is 12.8. The minimum atomic E-state index is -1.13. The highest BCUT2D eigenvalue weighted by Gasteiger charge is 2.25. The van der Waals surface area contributed by atoms with Crippen LogP contribution in [0.2, 0.25) is 0 Å². The molecule has 0 radical (unpaired) electrons. The molecule has 0 fully saturated rings. The van der Waals surface area contributed by atoms with Crippen LogP contribution in [0, 0.1) is 0 Å². The van der Waals surface area contributed by atoms with Crippen molar-refractivity contribution in [3.8, 4) is 0 Å². The molecule has 0 aromatic heterocycles. The first-order valence-corrected chi connectivity index (χ1v) is 26.1. The third kappa shape index (κ3) is 45.5. The van der Waals surface area contributed by atoms with Crippen molar-refractivity contribution in [1.82, 2.24) is 0 Å². The first kappa shape index (κ1) is 61.5. The van der Waals surface area contributed by atoms with Gasteiger partial charge in [0.15, 0.2) is 6.10 Å². The SMILES string of the molecule is CC/C=C/C/C=C/C/C=C/CCCCCCCCCCCCC(=O)OCC(COCCC(C(=O)[O-])[N+](C)(C)C)OC(=O)CCCCCCC/C=C/C/C=C/C/C=C/C/C=C/CCCCC. The number of nitrogens with zero attached hydrogens (tertiary/aromatic N) is 1. The summed E-state index contributed by atoms with van der Waals surface area (Å²) in [6.07, 6.45) is 61.8. The molecule has 65 heavy (non-hydrogen) atoms. The average Bonchev–Trinajstić information content (AvgIpc) is 3.27. The summed E-state index contributed by atoms with van der Waals surface area (Å²) in [6, 6.07) is -0.735. The van der Waals surface area contributed by atoms with Crippen LogP contribution in [-0.4, -0.2) is 75.5 Å². The summed E-state index contributed by atoms with van der Waals surface area (Å²) in [7, 11) is 5.40. The number of quaternary nitrogens is 1. The number of likely N-dealkylation sites (N-methyl/N-ethyl adjacent to an activating group) is 1. The molecule has 0 saturated carbocycles. The third-order valence-electron chi connectivity index (χ3n) is 11.3. The van der Waals surface area contributed by atoms with E-state index >= 15 is 0 Å². The summed E-state index contributed by atoms with van der Waals surface area (Å²) in [5.41, 5.74) is 0. The summed E-state index contributed by atoms with van der Waals surface area (Å²) in [5, 5.41) is 11.7. The molecule has 372 valence electrons. The van der Waals surface area contributed by atoms with Crippen LogP contribution in [0.1, 0.15) is 206 Å². The summed E-state index contributed by atoms with van der Waals surface area (Å²) >= 11 is 0. The molecule has 0 amide bonds. The lowest BCUT2D eigenvalue weighted by Crippen LogP contribution is -2.55. The number of carboxylic acid groups (broad SMARTS) is 1. The normalized spacial score (nSPS) is 13.6. The van der Waals surface area contributed by atoms with E-state index in [0.29, 0.717) is 12.8 Å². The van der Waals surface area contributed by atoms with Gasteiger partial charge in [-0.15, -0.1) is 0 Å². The van der Waals surface area contributed by atoms with Gasteiger partial charge in [0.1, 0.15) is 12.6 Å². The Balaban J connectivity index is 4.30. The zero-order valence-electron chi connectivity index (χ0n) is 42.4. The smallest absolute Gasteiger partial charge is 0.306 e. The van der Waals surface area contributed by atoms with Gasteiger partial charge in [-0.1, -0.05) is 182 Å². The number of hydrogen-bond acceptors (Lipinski definition) is 7. The molecule has 0 spiro atoms. The molecule has 0 aromatic carbocycles. The largest absolute Gasteiger partial charge is 0.544 e. The van der Waals surface area contributed by atoms with E-state index in [4.69, 9.17) is 14.2 Å². The number of hydrogen-bond donors (Lipinski definition) is 0. The quantitative estimate of drug-likeness (QED) is 0.0259. The van der Waals surface area contributed by atoms with Crippen molar-refractivity contribution in [3.05, 3.63) is 85.1 Å². The van der Waals surface area contributed by atoms with Crippen molar-refractivity contribution in [2.75, 3.05) is 41.0 Å². The third-order valence-corrected chi connectivity index (χ3v) is 11.3. The number of ether oxygens (including phenoxy) is 3. The summed E-state index contributed by atoms with van der Waals surface area (Å²) in [6.45, 7) is 4.51. The van der Waals surface area contributed by atoms with Gasteiger partial charge in [-0.3, -0.25) is 9.59 Å². The standard InChI is InChI=1S/C57H97NO7/c1-6-8-10-12-14-16-18-20-22-24-26-28-30-32-34-36-38-40-42-44-46-48-56(60)65-53(51-63-50-49-54(57(61)62)58(3,4)5)52-64-55(59)47-45-43-41-39-37-35-33-31-29-27-25-23-21-19-17-15-13-11-9-7-2/h9,11,14-17,20-23,26,28,32,34,53-54H,6-8,10,12-13,18-19,24-25,27,29-31,33,35-52H2,1-5H3/b11-9+,16-14+,17-15+,22-20+,23-21+,28-26+,34-32+. The Bertz CT molecular complexity index is 1330. The van der Waals surface area contributed by atoms with Crippen LogP contribution < -0.4 is 5.11 Å². The molecule has 8 heteroatoms. The van der Waals surface area contributed by atoms with Crippen LogP contribution in [0.3, 0.4) is 0 Å². The fourth-order valence-corrected chi connectivity index (χ4v) is 7.25. The van der Waals surface area contributed by atoms with Crippen molar-refractivity contribution in [3.63, 3.8) is 0 Å². The van der Waals surface area contributed by atoms with Gasteiger partial charge in [-0.25, -0.2) is 0 Å². The van der Waals surface area contributed by atoms with E-state index in [0.717, 1.165) is 96.3 Å². The second-order valence-electron chi connectivity index (χ2n) is 18.4. The summed E-state index contributed by atoms with van der Waals surface area (Å²) in [4.78, 5) is 37.1. The number of rotatable bonds is 46. The minimum Gasteiger partial charge on any atom is -0.544 e. The second kappa shape index (κ2) is 47.0. The Morgan fingerprint density at radius 2 is 0.862 bits per heavy atom. The number of carboxylic acids is 1. The van der Waals surface area contributed by atoms with E-state index in [9.17, 15) is 19.5 Å². The number of carbonyl (C=O) groups excluding carboxylic acids is 3. The topological polar surface area (TPSA) is 102 Å². The van der Waals surface area contributed by atoms with Gasteiger partial charge >= 0.3 is 11.9 Å². The van der Waals surface area contributed by atoms with Crippen molar-refractivity contribution >= 4 is 17.9 Å². The van der Waals surface area contributed by atoms with Crippen LogP contribution in [0.4, 0.5) is 0 Å². The molecule has 0 bridgehead atoms. The van der Waals surface area contributed by atoms with Crippen LogP contribution in [0.15, 0.2) is 85.1 Å². The highest BCUT2D eigenvalue weighted by Crippen LogP contribution is 2.14. The average molecular weight is 908 g/mol. The van der Waals surface area contributed by atoms with Gasteiger partial charge in [0.2, 0.25) is 0 Å². The maximum atomic E-state index is 12.8. The Morgan fingerprint density at radius 3 is 1.28 bits per heavy atom. The van der Waals surface area contributed by atoms with Crippen LogP contribution in [0.5, 0.6) is 0 Å². The molecule has 0 heterocycles. The maximum Gasteiger partial charge on any atom is 0.306 e. The van der Waals surface area contributed by atoms with Gasteiger partial charge in [0.25, 0.3) is 0 Å². The van der Waals surface area contributed by atoms with E-state index < -0.39 is 18.1 Å². The van der Waals surface area contributed by atoms with Crippen molar-refractivity contribution in [2.24, 2.45) is 0 Å². The number of aliphatic carboxylic acids is 1. The number of allylic oxidation sites excluding steroid dienone is 14. The first-order valence-electron chi connectivity index (χ1n) is 26.1. The molecule has 0 aromatic rings. The van der Waals surface area contributed by atoms with Crippen molar-refractivity contribution in [2.45, 2.75) is 219 Å². The molecule has 2 unspecified atom stereocenters. The number of esters is 2. The lowest BCUT2D eigenvalue weighted by Gasteiger charge is -2.34. The van der Waals surface area contributed by atoms with Crippen molar-refractivity contribution in [1.29, 1.82) is 0 Å². The highest BCUT2D eigenvalue weighted by molar-refractivity contribution is 5.70. The lowest BCUT2D eigenvalue weighted by atomic mass is 10.1. The molecule has 0 saturated heterocycles. The highest BCUT2D eigenvalue weighted by atomic mass is 16.6. The van der Waals surface area contributed by atoms with Gasteiger partial charge in [0, 0.05) is 19.3 Å². The molecule has 0 aliphatic rings. The Hall–Kier alpha value is -3.49. The molecule has 0 aliphatic carbocycles. The van der Waals surface area contributed by atoms with Crippen LogP contribution in [-0.2, 0) is 28.6 Å². The minimum absolute atomic E-state index is 0.0277. The lowest BCUT2D eigenvalue weighted by molar-refractivity contribution is -0.889. The molecular formula is C57H97NO7. The van der Waals surface area contributed by atoms with Crippen molar-refractivity contribution < 1.29 is 38.2 Å². The zero-order valence-corrected chi connectivity index (χ0v) is 42.4. The summed E-state index contributed by atoms with van der Waals surface area (Å²) in [5.74, 6) is -1.77. The van der Waals surface area contributed by atoms with E-state index in [-0.39, 0.29) is 42.7 Å². The fraction of sp³-hybridized carbons (Fsp3) is 0.702. The predicted octanol–water partition coefficient (Wildman–Crippen LogP) is 13.9.